The van der Waals surface area contributed by atoms with Crippen LogP contribution in [0.15, 0.2) is 32.9 Å². The van der Waals surface area contributed by atoms with Gasteiger partial charge >= 0.3 is 5.76 Å². The van der Waals surface area contributed by atoms with Gasteiger partial charge in [0, 0.05) is 11.6 Å². The first-order valence-corrected chi connectivity index (χ1v) is 5.97. The van der Waals surface area contributed by atoms with Crippen molar-refractivity contribution in [3.05, 3.63) is 45.0 Å². The van der Waals surface area contributed by atoms with Crippen molar-refractivity contribution in [2.24, 2.45) is 0 Å². The van der Waals surface area contributed by atoms with Gasteiger partial charge in [0.25, 0.3) is 0 Å². The summed E-state index contributed by atoms with van der Waals surface area (Å²) in [6.07, 6.45) is 1.64. The van der Waals surface area contributed by atoms with Gasteiger partial charge in [-0.2, -0.15) is 0 Å². The van der Waals surface area contributed by atoms with Crippen LogP contribution in [0.4, 0.5) is 0 Å². The number of nitrogens with zero attached hydrogens (tertiary/aromatic N) is 3. The van der Waals surface area contributed by atoms with Gasteiger partial charge in [0.1, 0.15) is 0 Å². The summed E-state index contributed by atoms with van der Waals surface area (Å²) >= 11 is 1.56. The van der Waals surface area contributed by atoms with E-state index in [1.54, 1.807) is 29.7 Å². The van der Waals surface area contributed by atoms with E-state index in [1.807, 2.05) is 12.3 Å². The summed E-state index contributed by atoms with van der Waals surface area (Å²) in [5.41, 5.74) is 1.91. The number of hydrogen-bond acceptors (Lipinski definition) is 5. The molecule has 0 fully saturated rings. The molecule has 3 aromatic rings. The van der Waals surface area contributed by atoms with Crippen molar-refractivity contribution in [1.29, 1.82) is 0 Å². The molecule has 0 aliphatic rings. The van der Waals surface area contributed by atoms with E-state index in [2.05, 4.69) is 9.97 Å². The Bertz CT molecular complexity index is 725. The van der Waals surface area contributed by atoms with Crippen LogP contribution >= 0.6 is 11.3 Å². The van der Waals surface area contributed by atoms with Gasteiger partial charge < -0.3 is 4.42 Å². The molecule has 3 rings (SSSR count). The van der Waals surface area contributed by atoms with Crippen LogP contribution in [0.3, 0.4) is 0 Å². The molecule has 0 N–H and O–H groups in total. The summed E-state index contributed by atoms with van der Waals surface area (Å²) < 4.78 is 6.59. The average Bonchev–Trinajstić information content (AvgIpc) is 2.85. The summed E-state index contributed by atoms with van der Waals surface area (Å²) in [5.74, 6) is -0.399. The van der Waals surface area contributed by atoms with E-state index in [-0.39, 0.29) is 0 Å². The maximum atomic E-state index is 11.7. The molecule has 86 valence electrons. The third-order valence-corrected chi connectivity index (χ3v) is 3.23. The molecule has 6 heteroatoms. The number of thiazole rings is 1. The molecular formula is C11H9N3O2S. The monoisotopic (exact) mass is 247 g/mol. The van der Waals surface area contributed by atoms with Gasteiger partial charge in [-0.25, -0.2) is 14.8 Å². The van der Waals surface area contributed by atoms with Crippen molar-refractivity contribution in [3.8, 4) is 0 Å². The number of oxazole rings is 1. The van der Waals surface area contributed by atoms with E-state index >= 15 is 0 Å². The van der Waals surface area contributed by atoms with E-state index in [4.69, 9.17) is 4.42 Å². The van der Waals surface area contributed by atoms with Crippen molar-refractivity contribution in [1.82, 2.24) is 14.5 Å². The molecule has 0 unspecified atom stereocenters. The predicted molar refractivity (Wildman–Crippen MR) is 64.2 cm³/mol. The zero-order valence-corrected chi connectivity index (χ0v) is 9.90. The third kappa shape index (κ3) is 1.76. The Morgan fingerprint density at radius 2 is 2.41 bits per heavy atom. The molecule has 0 atom stereocenters. The van der Waals surface area contributed by atoms with Crippen LogP contribution in [0.2, 0.25) is 0 Å². The molecule has 0 aromatic carbocycles. The minimum Gasteiger partial charge on any atom is -0.406 e. The smallest absolute Gasteiger partial charge is 0.406 e. The first kappa shape index (κ1) is 10.2. The summed E-state index contributed by atoms with van der Waals surface area (Å²) in [5, 5.41) is 2.91. The Labute approximate surface area is 100 Å². The van der Waals surface area contributed by atoms with Crippen LogP contribution < -0.4 is 5.76 Å². The molecule has 0 bridgehead atoms. The lowest BCUT2D eigenvalue weighted by Gasteiger charge is -1.97. The summed E-state index contributed by atoms with van der Waals surface area (Å²) in [4.78, 5) is 20.2. The van der Waals surface area contributed by atoms with Crippen molar-refractivity contribution in [2.45, 2.75) is 13.5 Å². The number of rotatable bonds is 2. The van der Waals surface area contributed by atoms with Gasteiger partial charge in [0.05, 0.1) is 17.2 Å². The van der Waals surface area contributed by atoms with Gasteiger partial charge in [-0.3, -0.25) is 4.57 Å². The highest BCUT2D eigenvalue weighted by atomic mass is 32.1. The SMILES string of the molecule is Cc1nc(Cn2c(=O)oc3cccnc32)cs1. The molecule has 0 saturated carbocycles. The fraction of sp³-hybridized carbons (Fsp3) is 0.182. The average molecular weight is 247 g/mol. The van der Waals surface area contributed by atoms with Crippen molar-refractivity contribution in [3.63, 3.8) is 0 Å². The molecule has 3 heterocycles. The van der Waals surface area contributed by atoms with E-state index in [9.17, 15) is 4.79 Å². The van der Waals surface area contributed by atoms with Crippen molar-refractivity contribution >= 4 is 22.6 Å². The number of aryl methyl sites for hydroxylation is 1. The molecule has 17 heavy (non-hydrogen) atoms. The van der Waals surface area contributed by atoms with Crippen LogP contribution in [-0.2, 0) is 6.54 Å². The topological polar surface area (TPSA) is 60.9 Å². The normalized spacial score (nSPS) is 11.1. The van der Waals surface area contributed by atoms with Crippen molar-refractivity contribution in [2.75, 3.05) is 0 Å². The third-order valence-electron chi connectivity index (χ3n) is 2.41. The molecular weight excluding hydrogens is 238 g/mol. The first-order valence-electron chi connectivity index (χ1n) is 5.09. The molecule has 0 radical (unpaired) electrons. The van der Waals surface area contributed by atoms with Crippen LogP contribution in [0, 0.1) is 6.92 Å². The predicted octanol–water partition coefficient (Wildman–Crippen LogP) is 1.80. The fourth-order valence-electron chi connectivity index (χ4n) is 1.68. The minimum atomic E-state index is -0.399. The summed E-state index contributed by atoms with van der Waals surface area (Å²) in [6.45, 7) is 2.33. The zero-order valence-electron chi connectivity index (χ0n) is 9.08. The maximum Gasteiger partial charge on any atom is 0.421 e. The summed E-state index contributed by atoms with van der Waals surface area (Å²) in [7, 11) is 0. The highest BCUT2D eigenvalue weighted by molar-refractivity contribution is 7.09. The highest BCUT2D eigenvalue weighted by Crippen LogP contribution is 2.13. The van der Waals surface area contributed by atoms with Gasteiger partial charge in [-0.15, -0.1) is 11.3 Å². The lowest BCUT2D eigenvalue weighted by atomic mass is 10.4. The second-order valence-electron chi connectivity index (χ2n) is 3.64. The molecule has 0 aliphatic heterocycles. The van der Waals surface area contributed by atoms with Crippen molar-refractivity contribution < 1.29 is 4.42 Å². The maximum absolute atomic E-state index is 11.7. The van der Waals surface area contributed by atoms with E-state index in [1.165, 1.54) is 4.57 Å². The number of hydrogen-bond donors (Lipinski definition) is 0. The molecule has 5 nitrogen and oxygen atoms in total. The standard InChI is InChI=1S/C11H9N3O2S/c1-7-13-8(6-17-7)5-14-10-9(16-11(14)15)3-2-4-12-10/h2-4,6H,5H2,1H3. The van der Waals surface area contributed by atoms with E-state index < -0.39 is 5.76 Å². The van der Waals surface area contributed by atoms with Gasteiger partial charge in [-0.1, -0.05) is 0 Å². The quantitative estimate of drug-likeness (QED) is 0.692. The van der Waals surface area contributed by atoms with Crippen LogP contribution in [0.25, 0.3) is 11.2 Å². The lowest BCUT2D eigenvalue weighted by Crippen LogP contribution is -2.15. The number of fused-ring (bicyclic) bond motifs is 1. The second-order valence-corrected chi connectivity index (χ2v) is 4.70. The van der Waals surface area contributed by atoms with Crippen LogP contribution in [0.5, 0.6) is 0 Å². The lowest BCUT2D eigenvalue weighted by molar-refractivity contribution is 0.516. The van der Waals surface area contributed by atoms with Gasteiger partial charge in [0.2, 0.25) is 0 Å². The molecule has 0 amide bonds. The Hall–Kier alpha value is -1.95. The first-order chi connectivity index (χ1) is 8.24. The summed E-state index contributed by atoms with van der Waals surface area (Å²) in [6, 6.07) is 3.47. The number of aromatic nitrogens is 3. The van der Waals surface area contributed by atoms with Gasteiger partial charge in [-0.05, 0) is 19.1 Å². The van der Waals surface area contributed by atoms with E-state index in [0.717, 1.165) is 10.7 Å². The fourth-order valence-corrected chi connectivity index (χ4v) is 2.29. The Kier molecular flexibility index (Phi) is 2.29. The zero-order chi connectivity index (χ0) is 11.8. The van der Waals surface area contributed by atoms with E-state index in [0.29, 0.717) is 17.8 Å². The van der Waals surface area contributed by atoms with Crippen LogP contribution in [0.1, 0.15) is 10.7 Å². The molecule has 3 aromatic heterocycles. The molecule has 0 spiro atoms. The second kappa shape index (κ2) is 3.81. The largest absolute Gasteiger partial charge is 0.421 e. The Balaban J connectivity index is 2.11. The molecule has 0 aliphatic carbocycles. The number of pyridine rings is 1. The van der Waals surface area contributed by atoms with Crippen LogP contribution in [-0.4, -0.2) is 14.5 Å². The minimum absolute atomic E-state index is 0.396. The Morgan fingerprint density at radius 1 is 1.53 bits per heavy atom. The molecule has 0 saturated heterocycles. The highest BCUT2D eigenvalue weighted by Gasteiger charge is 2.11. The van der Waals surface area contributed by atoms with Gasteiger partial charge in [0.15, 0.2) is 11.2 Å². The Morgan fingerprint density at radius 3 is 3.18 bits per heavy atom.